The number of likely N-dealkylation sites (tertiary alicyclic amines) is 1. The van der Waals surface area contributed by atoms with E-state index in [0.717, 1.165) is 19.4 Å². The van der Waals surface area contributed by atoms with Gasteiger partial charge in [0.2, 0.25) is 0 Å². The highest BCUT2D eigenvalue weighted by Crippen LogP contribution is 2.17. The Kier molecular flexibility index (Phi) is 3.38. The van der Waals surface area contributed by atoms with Crippen molar-refractivity contribution < 1.29 is 4.79 Å². The molecule has 1 aromatic rings. The van der Waals surface area contributed by atoms with Crippen LogP contribution >= 0.6 is 15.9 Å². The van der Waals surface area contributed by atoms with Gasteiger partial charge in [-0.2, -0.15) is 5.10 Å². The smallest absolute Gasteiger partial charge is 0.274 e. The Hall–Kier alpha value is -1.17. The van der Waals surface area contributed by atoms with Crippen LogP contribution in [0.4, 0.5) is 0 Å². The summed E-state index contributed by atoms with van der Waals surface area (Å²) >= 11 is 3.51. The number of halogens is 1. The van der Waals surface area contributed by atoms with Gasteiger partial charge in [0, 0.05) is 24.0 Å². The maximum Gasteiger partial charge on any atom is 0.274 e. The second-order valence-corrected chi connectivity index (χ2v) is 5.09. The van der Waals surface area contributed by atoms with Gasteiger partial charge in [-0.25, -0.2) is 5.10 Å². The first kappa shape index (κ1) is 11.3. The highest BCUT2D eigenvalue weighted by molar-refractivity contribution is 9.09. The number of H-pyrrole nitrogens is 1. The fraction of sp³-hybridized carbons (Fsp3) is 0.500. The summed E-state index contributed by atoms with van der Waals surface area (Å²) in [5.41, 5.74) is -0.00485. The molecule has 6 heteroatoms. The van der Waals surface area contributed by atoms with Gasteiger partial charge in [-0.1, -0.05) is 15.9 Å². The van der Waals surface area contributed by atoms with Gasteiger partial charge in [-0.05, 0) is 18.9 Å². The molecule has 0 aliphatic carbocycles. The molecule has 16 heavy (non-hydrogen) atoms. The van der Waals surface area contributed by atoms with Gasteiger partial charge in [-0.15, -0.1) is 0 Å². The van der Waals surface area contributed by atoms with Crippen LogP contribution in [0.15, 0.2) is 16.9 Å². The van der Waals surface area contributed by atoms with E-state index >= 15 is 0 Å². The highest BCUT2D eigenvalue weighted by Gasteiger charge is 2.23. The molecule has 1 aliphatic rings. The van der Waals surface area contributed by atoms with Crippen LogP contribution < -0.4 is 5.56 Å². The molecule has 1 saturated heterocycles. The molecule has 1 aromatic heterocycles. The first-order valence-electron chi connectivity index (χ1n) is 5.16. The Morgan fingerprint density at radius 1 is 1.56 bits per heavy atom. The molecule has 86 valence electrons. The molecule has 0 saturated carbocycles. The standard InChI is InChI=1S/C10H12BrN3O2/c11-7-2-1-5-14(6-7)10(16)8-3-4-9(15)13-12-8/h3-4,7H,1-2,5-6H2,(H,13,15). The van der Waals surface area contributed by atoms with Crippen LogP contribution in [-0.4, -0.2) is 38.9 Å². The molecular formula is C10H12BrN3O2. The van der Waals surface area contributed by atoms with E-state index in [1.807, 2.05) is 0 Å². The zero-order valence-corrected chi connectivity index (χ0v) is 10.2. The second-order valence-electron chi connectivity index (χ2n) is 3.80. The van der Waals surface area contributed by atoms with Gasteiger partial charge in [0.25, 0.3) is 11.5 Å². The first-order chi connectivity index (χ1) is 7.66. The largest absolute Gasteiger partial charge is 0.336 e. The molecule has 0 bridgehead atoms. The van der Waals surface area contributed by atoms with E-state index in [4.69, 9.17) is 0 Å². The van der Waals surface area contributed by atoms with Crippen molar-refractivity contribution in [2.24, 2.45) is 0 Å². The van der Waals surface area contributed by atoms with Gasteiger partial charge in [-0.3, -0.25) is 9.59 Å². The Morgan fingerprint density at radius 2 is 2.38 bits per heavy atom. The van der Waals surface area contributed by atoms with Crippen LogP contribution in [0.1, 0.15) is 23.3 Å². The van der Waals surface area contributed by atoms with Crippen LogP contribution in [0, 0.1) is 0 Å². The average Bonchev–Trinajstić information content (AvgIpc) is 2.29. The van der Waals surface area contributed by atoms with Crippen LogP contribution in [0.3, 0.4) is 0 Å². The molecule has 5 nitrogen and oxygen atoms in total. The number of alkyl halides is 1. The number of piperidine rings is 1. The minimum atomic E-state index is -0.298. The van der Waals surface area contributed by atoms with Crippen LogP contribution in [0.5, 0.6) is 0 Å². The zero-order chi connectivity index (χ0) is 11.5. The van der Waals surface area contributed by atoms with Crippen molar-refractivity contribution >= 4 is 21.8 Å². The Bertz CT molecular complexity index is 425. The number of carbonyl (C=O) groups excluding carboxylic acids is 1. The fourth-order valence-electron chi connectivity index (χ4n) is 1.74. The van der Waals surface area contributed by atoms with E-state index in [-0.39, 0.29) is 11.5 Å². The summed E-state index contributed by atoms with van der Waals surface area (Å²) in [6, 6.07) is 2.77. The number of hydrogen-bond donors (Lipinski definition) is 1. The molecule has 2 rings (SSSR count). The third-order valence-electron chi connectivity index (χ3n) is 2.55. The molecule has 2 heterocycles. The van der Waals surface area contributed by atoms with Crippen molar-refractivity contribution in [3.8, 4) is 0 Å². The molecule has 0 spiro atoms. The SMILES string of the molecule is O=C(c1ccc(=O)[nH]n1)N1CCCC(Br)C1. The van der Waals surface area contributed by atoms with E-state index in [0.29, 0.717) is 17.1 Å². The molecule has 0 radical (unpaired) electrons. The first-order valence-corrected chi connectivity index (χ1v) is 6.07. The quantitative estimate of drug-likeness (QED) is 0.775. The monoisotopic (exact) mass is 285 g/mol. The number of rotatable bonds is 1. The Morgan fingerprint density at radius 3 is 3.00 bits per heavy atom. The lowest BCUT2D eigenvalue weighted by atomic mass is 10.1. The topological polar surface area (TPSA) is 66.1 Å². The summed E-state index contributed by atoms with van der Waals surface area (Å²) in [5, 5.41) is 6.00. The van der Waals surface area contributed by atoms with Crippen molar-refractivity contribution in [1.82, 2.24) is 15.1 Å². The second kappa shape index (κ2) is 4.78. The summed E-state index contributed by atoms with van der Waals surface area (Å²) in [7, 11) is 0. The van der Waals surface area contributed by atoms with Crippen molar-refractivity contribution in [2.45, 2.75) is 17.7 Å². The predicted molar refractivity (Wildman–Crippen MR) is 62.7 cm³/mol. The maximum atomic E-state index is 12.0. The Balaban J connectivity index is 2.12. The number of amides is 1. The van der Waals surface area contributed by atoms with Crippen molar-refractivity contribution in [2.75, 3.05) is 13.1 Å². The molecule has 1 N–H and O–H groups in total. The normalized spacial score (nSPS) is 20.8. The van der Waals surface area contributed by atoms with Crippen LogP contribution in [0.25, 0.3) is 0 Å². The molecule has 1 amide bonds. The minimum absolute atomic E-state index is 0.125. The van der Waals surface area contributed by atoms with Crippen LogP contribution in [-0.2, 0) is 0 Å². The molecule has 1 unspecified atom stereocenters. The minimum Gasteiger partial charge on any atom is -0.336 e. The van der Waals surface area contributed by atoms with E-state index < -0.39 is 0 Å². The molecular weight excluding hydrogens is 274 g/mol. The summed E-state index contributed by atoms with van der Waals surface area (Å²) in [6.07, 6.45) is 2.08. The molecule has 0 aromatic carbocycles. The van der Waals surface area contributed by atoms with Crippen molar-refractivity contribution in [3.05, 3.63) is 28.2 Å². The van der Waals surface area contributed by atoms with Gasteiger partial charge in [0.1, 0.15) is 5.69 Å². The lowest BCUT2D eigenvalue weighted by Crippen LogP contribution is -2.40. The molecule has 1 fully saturated rings. The zero-order valence-electron chi connectivity index (χ0n) is 8.65. The number of carbonyl (C=O) groups is 1. The van der Waals surface area contributed by atoms with Gasteiger partial charge >= 0.3 is 0 Å². The average molecular weight is 286 g/mol. The van der Waals surface area contributed by atoms with E-state index in [2.05, 4.69) is 26.1 Å². The van der Waals surface area contributed by atoms with Crippen molar-refractivity contribution in [1.29, 1.82) is 0 Å². The van der Waals surface area contributed by atoms with Gasteiger partial charge in [0.15, 0.2) is 0 Å². The third-order valence-corrected chi connectivity index (χ3v) is 3.30. The summed E-state index contributed by atoms with van der Waals surface area (Å²) in [4.78, 5) is 24.9. The number of nitrogens with one attached hydrogen (secondary N) is 1. The van der Waals surface area contributed by atoms with Gasteiger partial charge in [0.05, 0.1) is 0 Å². The van der Waals surface area contributed by atoms with Crippen molar-refractivity contribution in [3.63, 3.8) is 0 Å². The fourth-order valence-corrected chi connectivity index (χ4v) is 2.41. The number of aromatic nitrogens is 2. The Labute approximate surface area is 101 Å². The van der Waals surface area contributed by atoms with E-state index in [1.54, 1.807) is 4.90 Å². The number of hydrogen-bond acceptors (Lipinski definition) is 3. The predicted octanol–water partition coefficient (Wildman–Crippen LogP) is 0.769. The third kappa shape index (κ3) is 2.49. The van der Waals surface area contributed by atoms with Crippen LogP contribution in [0.2, 0.25) is 0 Å². The maximum absolute atomic E-state index is 12.0. The lowest BCUT2D eigenvalue weighted by molar-refractivity contribution is 0.0722. The molecule has 1 atom stereocenters. The summed E-state index contributed by atoms with van der Waals surface area (Å²) in [6.45, 7) is 1.45. The number of nitrogens with zero attached hydrogens (tertiary/aromatic N) is 2. The van der Waals surface area contributed by atoms with E-state index in [9.17, 15) is 9.59 Å². The van der Waals surface area contributed by atoms with Gasteiger partial charge < -0.3 is 4.90 Å². The highest BCUT2D eigenvalue weighted by atomic mass is 79.9. The molecule has 1 aliphatic heterocycles. The number of aromatic amines is 1. The summed E-state index contributed by atoms with van der Waals surface area (Å²) in [5.74, 6) is -0.125. The summed E-state index contributed by atoms with van der Waals surface area (Å²) < 4.78 is 0. The van der Waals surface area contributed by atoms with E-state index in [1.165, 1.54) is 12.1 Å². The lowest BCUT2D eigenvalue weighted by Gasteiger charge is -2.29.